The van der Waals surface area contributed by atoms with Gasteiger partial charge in [-0.25, -0.2) is 4.79 Å². The van der Waals surface area contributed by atoms with Crippen LogP contribution in [0.3, 0.4) is 0 Å². The summed E-state index contributed by atoms with van der Waals surface area (Å²) < 4.78 is 4.96. The van der Waals surface area contributed by atoms with Crippen LogP contribution < -0.4 is 85.7 Å². The Kier molecular flexibility index (Phi) is 25.4. The minimum Gasteiger partial charge on any atom is -0.548 e. The number of amides is 2. The van der Waals surface area contributed by atoms with Crippen molar-refractivity contribution >= 4 is 70.5 Å². The zero-order valence-corrected chi connectivity index (χ0v) is 28.9. The summed E-state index contributed by atoms with van der Waals surface area (Å²) in [5.74, 6) is -6.03. The Morgan fingerprint density at radius 1 is 0.921 bits per heavy atom. The number of ether oxygens (including phenoxy) is 1. The van der Waals surface area contributed by atoms with Gasteiger partial charge in [0.05, 0.1) is 42.9 Å². The molecule has 0 bridgehead atoms. The van der Waals surface area contributed by atoms with E-state index in [2.05, 4.69) is 10.6 Å². The smallest absolute Gasteiger partial charge is 0.548 e. The summed E-state index contributed by atoms with van der Waals surface area (Å²) in [4.78, 5) is 60.5. The van der Waals surface area contributed by atoms with Gasteiger partial charge in [0, 0.05) is 0 Å². The number of carboxylic acid groups (broad SMARTS) is 2. The molecule has 0 fully saturated rings. The number of hydrogen-bond acceptors (Lipinski definition) is 13. The second kappa shape index (κ2) is 22.7. The Labute approximate surface area is 280 Å². The largest absolute Gasteiger partial charge is 1.00 e. The van der Waals surface area contributed by atoms with Crippen LogP contribution in [-0.4, -0.2) is 87.6 Å². The fraction of sp³-hybridized carbons (Fsp3) is 0.714. The van der Waals surface area contributed by atoms with Gasteiger partial charge in [-0.3, -0.25) is 9.59 Å². The van der Waals surface area contributed by atoms with E-state index in [0.717, 1.165) is 0 Å². The van der Waals surface area contributed by atoms with Gasteiger partial charge >= 0.3 is 65.1 Å². The van der Waals surface area contributed by atoms with Crippen molar-refractivity contribution in [3.05, 3.63) is 0 Å². The summed E-state index contributed by atoms with van der Waals surface area (Å²) in [5, 5.41) is 37.6. The van der Waals surface area contributed by atoms with Gasteiger partial charge in [0.1, 0.15) is 0 Å². The molecule has 0 saturated heterocycles. The van der Waals surface area contributed by atoms with E-state index >= 15 is 0 Å². The number of carboxylic acids is 2. The maximum atomic E-state index is 12.8. The van der Waals surface area contributed by atoms with Gasteiger partial charge in [0.25, 0.3) is 0 Å². The molecule has 0 heterocycles. The topological polar surface area (TPSA) is 211 Å². The van der Waals surface area contributed by atoms with Gasteiger partial charge < -0.3 is 46.0 Å². The fourth-order valence-corrected chi connectivity index (χ4v) is 4.03. The standard InChI is InChI=1S/C21H35N3O9S3.2Na/c1-4-5-12(22)19(34)33-20(31)21(32,10-15(25)23-13(17(27)28)6-8-35-2)11-16(26)24-14(18(29)30)7-9-36-3;;/h12-14,32H,4-11,22H2,1-3H3,(H,23,25)(H,24,26)(H,27,28)(H,29,30);;/q;2*+1/p-2. The monoisotopic (exact) mass is 613 g/mol. The Balaban J connectivity index is -0.00000612. The first-order chi connectivity index (χ1) is 16.8. The summed E-state index contributed by atoms with van der Waals surface area (Å²) >= 11 is 7.62. The summed E-state index contributed by atoms with van der Waals surface area (Å²) in [5.41, 5.74) is 3.00. The SMILES string of the molecule is CCCC(N)C(=S)OC(=O)C(O)(CC(=O)NC(CCSC)C(=O)[O-])CC(=O)NC(CCSC)C(=O)[O-].[Na+].[Na+]. The van der Waals surface area contributed by atoms with Crippen LogP contribution in [0.4, 0.5) is 0 Å². The quantitative estimate of drug-likeness (QED) is 0.0644. The summed E-state index contributed by atoms with van der Waals surface area (Å²) in [7, 11) is 0. The van der Waals surface area contributed by atoms with E-state index in [4.69, 9.17) is 22.7 Å². The molecule has 17 heteroatoms. The van der Waals surface area contributed by atoms with Crippen molar-refractivity contribution in [1.29, 1.82) is 0 Å². The van der Waals surface area contributed by atoms with Crippen LogP contribution in [0.2, 0.25) is 0 Å². The minimum atomic E-state index is -2.81. The fourth-order valence-electron chi connectivity index (χ4n) is 2.89. The maximum Gasteiger partial charge on any atom is 1.00 e. The van der Waals surface area contributed by atoms with Crippen LogP contribution in [0.1, 0.15) is 45.4 Å². The molecule has 0 rings (SSSR count). The molecule has 5 N–H and O–H groups in total. The Morgan fingerprint density at radius 3 is 1.63 bits per heavy atom. The molecule has 206 valence electrons. The molecule has 0 aliphatic carbocycles. The molecule has 0 aliphatic heterocycles. The Hall–Kier alpha value is 0.0600. The van der Waals surface area contributed by atoms with Gasteiger partial charge in [-0.05, 0) is 55.5 Å². The van der Waals surface area contributed by atoms with Crippen molar-refractivity contribution in [2.24, 2.45) is 5.73 Å². The number of nitrogens with two attached hydrogens (primary N) is 1. The summed E-state index contributed by atoms with van der Waals surface area (Å²) in [6, 6.07) is -3.66. The van der Waals surface area contributed by atoms with Crippen molar-refractivity contribution in [2.45, 2.75) is 69.2 Å². The van der Waals surface area contributed by atoms with E-state index in [1.165, 1.54) is 23.5 Å². The third-order valence-electron chi connectivity index (χ3n) is 4.84. The van der Waals surface area contributed by atoms with E-state index in [1.54, 1.807) is 12.5 Å². The molecule has 0 aromatic heterocycles. The zero-order valence-electron chi connectivity index (χ0n) is 22.4. The Bertz CT molecular complexity index is 767. The number of thioether (sulfide) groups is 2. The zero-order chi connectivity index (χ0) is 27.9. The van der Waals surface area contributed by atoms with Crippen LogP contribution in [-0.2, 0) is 28.7 Å². The summed E-state index contributed by atoms with van der Waals surface area (Å²) in [6.45, 7) is 1.81. The van der Waals surface area contributed by atoms with Crippen LogP contribution in [0, 0.1) is 0 Å². The molecule has 0 spiro atoms. The van der Waals surface area contributed by atoms with Gasteiger partial charge in [-0.15, -0.1) is 0 Å². The molecular weight excluding hydrogens is 580 g/mol. The van der Waals surface area contributed by atoms with Crippen molar-refractivity contribution in [2.75, 3.05) is 24.0 Å². The van der Waals surface area contributed by atoms with Gasteiger partial charge in [-0.1, -0.05) is 13.3 Å². The molecule has 0 aliphatic rings. The molecule has 0 aromatic carbocycles. The molecule has 0 saturated carbocycles. The number of hydrogen-bond donors (Lipinski definition) is 4. The van der Waals surface area contributed by atoms with E-state index in [9.17, 15) is 39.3 Å². The molecule has 12 nitrogen and oxygen atoms in total. The number of esters is 1. The van der Waals surface area contributed by atoms with Crippen LogP contribution in [0.15, 0.2) is 0 Å². The number of thiocarbonyl (C=S) groups is 1. The first-order valence-electron chi connectivity index (χ1n) is 11.0. The van der Waals surface area contributed by atoms with Crippen molar-refractivity contribution in [3.63, 3.8) is 0 Å². The Morgan fingerprint density at radius 2 is 1.32 bits per heavy atom. The second-order valence-corrected chi connectivity index (χ2v) is 10.3. The normalized spacial score (nSPS) is 14.2. The average Bonchev–Trinajstić information content (AvgIpc) is 2.78. The number of carbonyl (C=O) groups excluding carboxylic acids is 5. The predicted octanol–water partition coefficient (Wildman–Crippen LogP) is -8.52. The first kappa shape index (κ1) is 42.5. The van der Waals surface area contributed by atoms with Gasteiger partial charge in [-0.2, -0.15) is 23.5 Å². The first-order valence-corrected chi connectivity index (χ1v) is 14.2. The molecule has 38 heavy (non-hydrogen) atoms. The second-order valence-electron chi connectivity index (χ2n) is 7.93. The number of aliphatic carboxylic acids is 2. The van der Waals surface area contributed by atoms with Crippen LogP contribution >= 0.6 is 35.7 Å². The van der Waals surface area contributed by atoms with Crippen molar-refractivity contribution < 1.29 is 103 Å². The van der Waals surface area contributed by atoms with Crippen molar-refractivity contribution in [1.82, 2.24) is 10.6 Å². The number of aliphatic hydroxyl groups is 1. The van der Waals surface area contributed by atoms with Gasteiger partial charge in [0.2, 0.25) is 11.8 Å². The van der Waals surface area contributed by atoms with Crippen molar-refractivity contribution in [3.8, 4) is 0 Å². The van der Waals surface area contributed by atoms with Crippen LogP contribution in [0.5, 0.6) is 0 Å². The van der Waals surface area contributed by atoms with E-state index in [0.29, 0.717) is 24.3 Å². The third-order valence-corrected chi connectivity index (χ3v) is 6.52. The molecular formula is C21H33N3Na2O9S3. The molecule has 3 atom stereocenters. The number of nitrogens with one attached hydrogen (secondary N) is 2. The minimum absolute atomic E-state index is 0. The molecule has 0 radical (unpaired) electrons. The van der Waals surface area contributed by atoms with Gasteiger partial charge in [0.15, 0.2) is 10.7 Å². The molecule has 2 amide bonds. The number of rotatable bonds is 18. The maximum absolute atomic E-state index is 12.8. The van der Waals surface area contributed by atoms with E-state index in [1.807, 2.05) is 6.92 Å². The van der Waals surface area contributed by atoms with Crippen LogP contribution in [0.25, 0.3) is 0 Å². The van der Waals surface area contributed by atoms with E-state index < -0.39 is 66.3 Å². The molecule has 0 aromatic rings. The average molecular weight is 614 g/mol. The number of carbonyl (C=O) groups is 5. The predicted molar refractivity (Wildman–Crippen MR) is 136 cm³/mol. The molecule has 3 unspecified atom stereocenters. The third kappa shape index (κ3) is 17.0. The van der Waals surface area contributed by atoms with E-state index in [-0.39, 0.29) is 77.0 Å². The summed E-state index contributed by atoms with van der Waals surface area (Å²) in [6.07, 6.45) is 2.30.